The minimum absolute atomic E-state index is 0.312. The molecule has 0 N–H and O–H groups in total. The molecule has 2 aromatic rings. The predicted octanol–water partition coefficient (Wildman–Crippen LogP) is 4.34. The van der Waals surface area contributed by atoms with Crippen molar-refractivity contribution in [3.8, 4) is 17.2 Å². The predicted molar refractivity (Wildman–Crippen MR) is 93.0 cm³/mol. The van der Waals surface area contributed by atoms with Crippen molar-refractivity contribution >= 4 is 22.2 Å². The van der Waals surface area contributed by atoms with Gasteiger partial charge in [-0.2, -0.15) is 0 Å². The number of hydrogen-bond donors (Lipinski definition) is 0. The van der Waals surface area contributed by atoms with Crippen molar-refractivity contribution in [1.82, 2.24) is 0 Å². The van der Waals surface area contributed by atoms with Crippen molar-refractivity contribution in [2.45, 2.75) is 13.8 Å². The zero-order valence-corrected chi connectivity index (χ0v) is 15.0. The molecule has 0 heterocycles. The van der Waals surface area contributed by atoms with Gasteiger partial charge in [0.25, 0.3) is 0 Å². The van der Waals surface area contributed by atoms with Crippen LogP contribution in [0.5, 0.6) is 17.2 Å². The number of ether oxygens (including phenoxy) is 3. The highest BCUT2D eigenvalue weighted by Crippen LogP contribution is 2.34. The Bertz CT molecular complexity index is 698. The molecule has 0 unspecified atom stereocenters. The number of carbonyl (C=O) groups excluding carboxylic acids is 1. The number of aryl methyl sites for hydroxylation is 2. The molecule has 0 fully saturated rings. The van der Waals surface area contributed by atoms with E-state index in [1.807, 2.05) is 32.0 Å². The molecule has 0 saturated heterocycles. The van der Waals surface area contributed by atoms with Gasteiger partial charge >= 0.3 is 0 Å². The van der Waals surface area contributed by atoms with Crippen LogP contribution in [0.1, 0.15) is 21.5 Å². The smallest absolute Gasteiger partial charge is 0.171 e. The lowest BCUT2D eigenvalue weighted by Crippen LogP contribution is -2.11. The van der Waals surface area contributed by atoms with E-state index in [2.05, 4.69) is 15.9 Å². The summed E-state index contributed by atoms with van der Waals surface area (Å²) in [5.41, 5.74) is 2.65. The molecule has 0 atom stereocenters. The Morgan fingerprint density at radius 3 is 2.48 bits per heavy atom. The van der Waals surface area contributed by atoms with E-state index in [1.54, 1.807) is 12.1 Å². The number of methoxy groups -OCH3 is 1. The maximum absolute atomic E-state index is 11.2. The Kier molecular flexibility index (Phi) is 6.04. The van der Waals surface area contributed by atoms with Crippen LogP contribution in [0.25, 0.3) is 0 Å². The Balaban J connectivity index is 2.01. The maximum Gasteiger partial charge on any atom is 0.171 e. The summed E-state index contributed by atoms with van der Waals surface area (Å²) < 4.78 is 17.5. The van der Waals surface area contributed by atoms with Crippen LogP contribution in [-0.4, -0.2) is 26.6 Å². The Labute approximate surface area is 144 Å². The average Bonchev–Trinajstić information content (AvgIpc) is 2.54. The number of aldehydes is 1. The van der Waals surface area contributed by atoms with Crippen LogP contribution in [-0.2, 0) is 0 Å². The summed E-state index contributed by atoms with van der Waals surface area (Å²) in [5.74, 6) is 1.77. The minimum Gasteiger partial charge on any atom is -0.493 e. The summed E-state index contributed by atoms with van der Waals surface area (Å²) in [6.07, 6.45) is 0.744. The van der Waals surface area contributed by atoms with Crippen LogP contribution >= 0.6 is 15.9 Å². The van der Waals surface area contributed by atoms with E-state index in [9.17, 15) is 4.79 Å². The molecule has 0 aliphatic rings. The minimum atomic E-state index is 0.312. The second-order valence-electron chi connectivity index (χ2n) is 5.11. The highest BCUT2D eigenvalue weighted by Gasteiger charge is 2.12. The average molecular weight is 379 g/mol. The second-order valence-corrected chi connectivity index (χ2v) is 6.03. The molecule has 0 bridgehead atoms. The van der Waals surface area contributed by atoms with Crippen molar-refractivity contribution in [2.75, 3.05) is 20.3 Å². The normalized spacial score (nSPS) is 10.3. The van der Waals surface area contributed by atoms with Gasteiger partial charge in [0.2, 0.25) is 0 Å². The van der Waals surface area contributed by atoms with E-state index in [4.69, 9.17) is 14.2 Å². The standard InChI is InChI=1S/C18H19BrO4/c1-12-4-5-13(2)16(8-12)22-6-7-23-18-14(11-20)9-15(19)10-17(18)21-3/h4-5,8-11H,6-7H2,1-3H3. The van der Waals surface area contributed by atoms with Crippen LogP contribution < -0.4 is 14.2 Å². The fourth-order valence-electron chi connectivity index (χ4n) is 2.14. The summed E-state index contributed by atoms with van der Waals surface area (Å²) in [6, 6.07) is 9.51. The van der Waals surface area contributed by atoms with Gasteiger partial charge in [-0.3, -0.25) is 4.79 Å². The summed E-state index contributed by atoms with van der Waals surface area (Å²) in [7, 11) is 1.54. The lowest BCUT2D eigenvalue weighted by Gasteiger charge is -2.14. The molecule has 0 saturated carbocycles. The quantitative estimate of drug-likeness (QED) is 0.530. The number of hydrogen-bond acceptors (Lipinski definition) is 4. The van der Waals surface area contributed by atoms with Gasteiger partial charge in [0.15, 0.2) is 17.8 Å². The van der Waals surface area contributed by atoms with Crippen LogP contribution in [0, 0.1) is 13.8 Å². The Hall–Kier alpha value is -2.01. The molecule has 4 nitrogen and oxygen atoms in total. The molecule has 2 rings (SSSR count). The number of benzene rings is 2. The van der Waals surface area contributed by atoms with Crippen LogP contribution in [0.2, 0.25) is 0 Å². The van der Waals surface area contributed by atoms with E-state index in [0.29, 0.717) is 30.3 Å². The molecule has 0 aliphatic carbocycles. The number of rotatable bonds is 7. The molecule has 0 radical (unpaired) electrons. The third-order valence-electron chi connectivity index (χ3n) is 3.33. The van der Waals surface area contributed by atoms with E-state index in [0.717, 1.165) is 27.6 Å². The van der Waals surface area contributed by atoms with Gasteiger partial charge < -0.3 is 14.2 Å². The van der Waals surface area contributed by atoms with Gasteiger partial charge in [0.1, 0.15) is 19.0 Å². The largest absolute Gasteiger partial charge is 0.493 e. The van der Waals surface area contributed by atoms with Crippen molar-refractivity contribution < 1.29 is 19.0 Å². The summed E-state index contributed by atoms with van der Waals surface area (Å²) >= 11 is 3.34. The van der Waals surface area contributed by atoms with Gasteiger partial charge in [-0.25, -0.2) is 0 Å². The molecule has 0 amide bonds. The zero-order valence-electron chi connectivity index (χ0n) is 13.4. The van der Waals surface area contributed by atoms with Crippen molar-refractivity contribution in [3.63, 3.8) is 0 Å². The molecule has 0 spiro atoms. The molecule has 122 valence electrons. The van der Waals surface area contributed by atoms with Crippen LogP contribution in [0.3, 0.4) is 0 Å². The van der Waals surface area contributed by atoms with Gasteiger partial charge in [0, 0.05) is 4.47 Å². The fourth-order valence-corrected chi connectivity index (χ4v) is 2.60. The number of halogens is 1. The van der Waals surface area contributed by atoms with E-state index in [-0.39, 0.29) is 0 Å². The van der Waals surface area contributed by atoms with E-state index >= 15 is 0 Å². The molecule has 23 heavy (non-hydrogen) atoms. The van der Waals surface area contributed by atoms with E-state index in [1.165, 1.54) is 7.11 Å². The van der Waals surface area contributed by atoms with Crippen molar-refractivity contribution in [2.24, 2.45) is 0 Å². The first-order valence-electron chi connectivity index (χ1n) is 7.20. The molecule has 5 heteroatoms. The first-order valence-corrected chi connectivity index (χ1v) is 8.00. The van der Waals surface area contributed by atoms with Gasteiger partial charge in [-0.15, -0.1) is 0 Å². The summed E-state index contributed by atoms with van der Waals surface area (Å²) in [4.78, 5) is 11.2. The Morgan fingerprint density at radius 1 is 1.04 bits per heavy atom. The van der Waals surface area contributed by atoms with Crippen LogP contribution in [0.4, 0.5) is 0 Å². The highest BCUT2D eigenvalue weighted by atomic mass is 79.9. The maximum atomic E-state index is 11.2. The summed E-state index contributed by atoms with van der Waals surface area (Å²) in [5, 5.41) is 0. The first-order chi connectivity index (χ1) is 11.0. The molecule has 0 aliphatic heterocycles. The number of carbonyl (C=O) groups is 1. The monoisotopic (exact) mass is 378 g/mol. The summed E-state index contributed by atoms with van der Waals surface area (Å²) in [6.45, 7) is 4.71. The molecular formula is C18H19BrO4. The SMILES string of the molecule is COc1cc(Br)cc(C=O)c1OCCOc1cc(C)ccc1C. The van der Waals surface area contributed by atoms with Gasteiger partial charge in [0.05, 0.1) is 12.7 Å². The van der Waals surface area contributed by atoms with Gasteiger partial charge in [-0.1, -0.05) is 28.1 Å². The Morgan fingerprint density at radius 2 is 1.78 bits per heavy atom. The lowest BCUT2D eigenvalue weighted by atomic mass is 10.1. The second kappa shape index (κ2) is 8.02. The molecular weight excluding hydrogens is 360 g/mol. The topological polar surface area (TPSA) is 44.8 Å². The van der Waals surface area contributed by atoms with Crippen molar-refractivity contribution in [1.29, 1.82) is 0 Å². The lowest BCUT2D eigenvalue weighted by molar-refractivity contribution is 0.111. The first kappa shape index (κ1) is 17.3. The zero-order chi connectivity index (χ0) is 16.8. The molecule has 2 aromatic carbocycles. The van der Waals surface area contributed by atoms with Gasteiger partial charge in [-0.05, 0) is 43.2 Å². The third-order valence-corrected chi connectivity index (χ3v) is 3.78. The fraction of sp³-hybridized carbons (Fsp3) is 0.278. The third kappa shape index (κ3) is 4.48. The highest BCUT2D eigenvalue weighted by molar-refractivity contribution is 9.10. The van der Waals surface area contributed by atoms with Crippen molar-refractivity contribution in [3.05, 3.63) is 51.5 Å². The van der Waals surface area contributed by atoms with E-state index < -0.39 is 0 Å². The molecule has 0 aromatic heterocycles. The van der Waals surface area contributed by atoms with Crippen LogP contribution in [0.15, 0.2) is 34.8 Å².